The number of anilines is 1. The van der Waals surface area contributed by atoms with Crippen molar-refractivity contribution in [2.75, 3.05) is 11.9 Å². The number of hydrogen-bond acceptors (Lipinski definition) is 3. The molecular formula is C27H25ClFN3O3. The Kier molecular flexibility index (Phi) is 7.77. The van der Waals surface area contributed by atoms with Crippen LogP contribution in [0.15, 0.2) is 72.8 Å². The highest BCUT2D eigenvalue weighted by Crippen LogP contribution is 2.29. The third-order valence-corrected chi connectivity index (χ3v) is 6.26. The van der Waals surface area contributed by atoms with Crippen molar-refractivity contribution in [3.63, 3.8) is 0 Å². The Morgan fingerprint density at radius 2 is 1.63 bits per heavy atom. The zero-order valence-electron chi connectivity index (χ0n) is 18.9. The monoisotopic (exact) mass is 493 g/mol. The van der Waals surface area contributed by atoms with Crippen LogP contribution in [0.25, 0.3) is 0 Å². The molecule has 3 aromatic rings. The first-order valence-corrected chi connectivity index (χ1v) is 11.8. The Morgan fingerprint density at radius 1 is 0.971 bits per heavy atom. The number of benzene rings is 3. The fourth-order valence-corrected chi connectivity index (χ4v) is 4.28. The minimum Gasteiger partial charge on any atom is -0.356 e. The van der Waals surface area contributed by atoms with Crippen LogP contribution in [0.4, 0.5) is 10.1 Å². The lowest BCUT2D eigenvalue weighted by atomic mass is 9.88. The van der Waals surface area contributed by atoms with Crippen LogP contribution in [0.3, 0.4) is 0 Å². The van der Waals surface area contributed by atoms with E-state index in [1.54, 1.807) is 48.5 Å². The van der Waals surface area contributed by atoms with Gasteiger partial charge in [-0.25, -0.2) is 4.39 Å². The number of para-hydroxylation sites is 1. The third-order valence-electron chi connectivity index (χ3n) is 6.01. The second-order valence-electron chi connectivity index (χ2n) is 8.39. The molecule has 0 saturated carbocycles. The van der Waals surface area contributed by atoms with Gasteiger partial charge in [0.2, 0.25) is 11.8 Å². The molecule has 1 heterocycles. The number of carbonyl (C=O) groups is 3. The molecule has 2 atom stereocenters. The fraction of sp³-hybridized carbons (Fsp3) is 0.222. The Balaban J connectivity index is 1.32. The van der Waals surface area contributed by atoms with Crippen molar-refractivity contribution >= 4 is 35.0 Å². The second-order valence-corrected chi connectivity index (χ2v) is 8.83. The van der Waals surface area contributed by atoms with Crippen LogP contribution in [0.1, 0.15) is 46.7 Å². The van der Waals surface area contributed by atoms with Crippen molar-refractivity contribution in [2.24, 2.45) is 0 Å². The van der Waals surface area contributed by atoms with Crippen molar-refractivity contribution in [3.8, 4) is 0 Å². The summed E-state index contributed by atoms with van der Waals surface area (Å²) in [4.78, 5) is 37.4. The second kappa shape index (κ2) is 11.1. The van der Waals surface area contributed by atoms with Gasteiger partial charge >= 0.3 is 0 Å². The summed E-state index contributed by atoms with van der Waals surface area (Å²) in [5, 5.41) is 8.95. The van der Waals surface area contributed by atoms with Gasteiger partial charge in [-0.1, -0.05) is 48.0 Å². The normalized spacial score (nSPS) is 15.9. The maximum atomic E-state index is 13.4. The number of amides is 3. The largest absolute Gasteiger partial charge is 0.356 e. The molecule has 4 rings (SSSR count). The predicted octanol–water partition coefficient (Wildman–Crippen LogP) is 4.65. The standard InChI is InChI=1S/C27H25ClFN3O3/c28-19-9-5-17(6-10-19)21(18-7-11-20(29)12-8-18)15-16-30-25(33)14-13-24-27(35)31-23-4-2-1-3-22(23)26(34)32-24/h1-12,21,24H,13-16H2,(H,30,33)(H,31,35)(H,32,34)/t21-,24-/m1/s1. The highest BCUT2D eigenvalue weighted by molar-refractivity contribution is 6.30. The summed E-state index contributed by atoms with van der Waals surface area (Å²) >= 11 is 6.02. The van der Waals surface area contributed by atoms with E-state index >= 15 is 0 Å². The smallest absolute Gasteiger partial charge is 0.254 e. The summed E-state index contributed by atoms with van der Waals surface area (Å²) in [6.07, 6.45) is 0.849. The van der Waals surface area contributed by atoms with Crippen molar-refractivity contribution < 1.29 is 18.8 Å². The number of halogens is 2. The highest BCUT2D eigenvalue weighted by Gasteiger charge is 2.27. The zero-order valence-corrected chi connectivity index (χ0v) is 19.6. The molecule has 0 spiro atoms. The molecule has 35 heavy (non-hydrogen) atoms. The summed E-state index contributed by atoms with van der Waals surface area (Å²) in [6, 6.07) is 19.7. The minimum atomic E-state index is -0.804. The van der Waals surface area contributed by atoms with Crippen LogP contribution in [-0.4, -0.2) is 30.3 Å². The summed E-state index contributed by atoms with van der Waals surface area (Å²) in [7, 11) is 0. The molecule has 8 heteroatoms. The molecule has 3 aromatic carbocycles. The quantitative estimate of drug-likeness (QED) is 0.427. The first-order chi connectivity index (χ1) is 16.9. The van der Waals surface area contributed by atoms with Crippen molar-refractivity contribution in [1.29, 1.82) is 0 Å². The van der Waals surface area contributed by atoms with E-state index in [0.29, 0.717) is 29.2 Å². The van der Waals surface area contributed by atoms with Crippen LogP contribution < -0.4 is 16.0 Å². The molecule has 0 saturated heterocycles. The molecule has 0 radical (unpaired) electrons. The molecule has 6 nitrogen and oxygen atoms in total. The summed E-state index contributed by atoms with van der Waals surface area (Å²) < 4.78 is 13.4. The Hall–Kier alpha value is -3.71. The molecule has 3 N–H and O–H groups in total. The number of hydrogen-bond donors (Lipinski definition) is 3. The predicted molar refractivity (Wildman–Crippen MR) is 133 cm³/mol. The lowest BCUT2D eigenvalue weighted by Gasteiger charge is -2.19. The van der Waals surface area contributed by atoms with E-state index in [-0.39, 0.29) is 42.3 Å². The van der Waals surface area contributed by atoms with Gasteiger partial charge in [-0.05, 0) is 60.4 Å². The Bertz CT molecular complexity index is 1170. The number of nitrogens with one attached hydrogen (secondary N) is 3. The van der Waals surface area contributed by atoms with Gasteiger partial charge in [-0.15, -0.1) is 0 Å². The lowest BCUT2D eigenvalue weighted by molar-refractivity contribution is -0.121. The van der Waals surface area contributed by atoms with E-state index in [4.69, 9.17) is 11.6 Å². The van der Waals surface area contributed by atoms with Crippen LogP contribution >= 0.6 is 11.6 Å². The van der Waals surface area contributed by atoms with Gasteiger partial charge in [0.1, 0.15) is 11.9 Å². The van der Waals surface area contributed by atoms with Gasteiger partial charge in [0.25, 0.3) is 5.91 Å². The van der Waals surface area contributed by atoms with E-state index < -0.39 is 6.04 Å². The highest BCUT2D eigenvalue weighted by atomic mass is 35.5. The van der Waals surface area contributed by atoms with Gasteiger partial charge in [0.15, 0.2) is 0 Å². The van der Waals surface area contributed by atoms with E-state index in [9.17, 15) is 18.8 Å². The average molecular weight is 494 g/mol. The van der Waals surface area contributed by atoms with Gasteiger partial charge in [0.05, 0.1) is 11.3 Å². The first-order valence-electron chi connectivity index (χ1n) is 11.4. The molecular weight excluding hydrogens is 469 g/mol. The molecule has 0 aromatic heterocycles. The molecule has 180 valence electrons. The van der Waals surface area contributed by atoms with Gasteiger partial charge in [0, 0.05) is 23.9 Å². The molecule has 0 aliphatic carbocycles. The van der Waals surface area contributed by atoms with Crippen LogP contribution in [-0.2, 0) is 9.59 Å². The van der Waals surface area contributed by atoms with Crippen molar-refractivity contribution in [3.05, 3.63) is 100 Å². The molecule has 0 fully saturated rings. The Labute approximate surface area is 207 Å². The summed E-state index contributed by atoms with van der Waals surface area (Å²) in [5.74, 6) is -1.29. The lowest BCUT2D eigenvalue weighted by Crippen LogP contribution is -2.42. The van der Waals surface area contributed by atoms with Crippen LogP contribution in [0, 0.1) is 5.82 Å². The SMILES string of the molecule is O=C(CC[C@H]1NC(=O)c2ccccc2NC1=O)NCC[C@@H](c1ccc(F)cc1)c1ccc(Cl)cc1. The number of carbonyl (C=O) groups excluding carboxylic acids is 3. The van der Waals surface area contributed by atoms with Crippen molar-refractivity contribution in [2.45, 2.75) is 31.2 Å². The maximum Gasteiger partial charge on any atom is 0.254 e. The topological polar surface area (TPSA) is 87.3 Å². The van der Waals surface area contributed by atoms with E-state index in [2.05, 4.69) is 16.0 Å². The maximum absolute atomic E-state index is 13.4. The number of fused-ring (bicyclic) bond motifs is 1. The minimum absolute atomic E-state index is 0.0569. The molecule has 0 bridgehead atoms. The van der Waals surface area contributed by atoms with Crippen molar-refractivity contribution in [1.82, 2.24) is 10.6 Å². The molecule has 3 amide bonds. The molecule has 0 unspecified atom stereocenters. The third kappa shape index (κ3) is 6.25. The average Bonchev–Trinajstić information content (AvgIpc) is 2.97. The summed E-state index contributed by atoms with van der Waals surface area (Å²) in [6.45, 7) is 0.387. The fourth-order valence-electron chi connectivity index (χ4n) is 4.15. The van der Waals surface area contributed by atoms with Gasteiger partial charge in [-0.3, -0.25) is 14.4 Å². The Morgan fingerprint density at radius 3 is 2.34 bits per heavy atom. The van der Waals surface area contributed by atoms with E-state index in [0.717, 1.165) is 11.1 Å². The van der Waals surface area contributed by atoms with Crippen LogP contribution in [0.5, 0.6) is 0 Å². The van der Waals surface area contributed by atoms with E-state index in [1.165, 1.54) is 12.1 Å². The van der Waals surface area contributed by atoms with Gasteiger partial charge < -0.3 is 16.0 Å². The van der Waals surface area contributed by atoms with Crippen LogP contribution in [0.2, 0.25) is 5.02 Å². The molecule has 1 aliphatic heterocycles. The first kappa shape index (κ1) is 24.4. The van der Waals surface area contributed by atoms with E-state index in [1.807, 2.05) is 12.1 Å². The van der Waals surface area contributed by atoms with Gasteiger partial charge in [-0.2, -0.15) is 0 Å². The molecule has 1 aliphatic rings. The summed E-state index contributed by atoms with van der Waals surface area (Å²) in [5.41, 5.74) is 2.78. The zero-order chi connectivity index (χ0) is 24.8. The number of rotatable bonds is 8.